The lowest BCUT2D eigenvalue weighted by molar-refractivity contribution is -0.140. The molecule has 1 saturated heterocycles. The maximum absolute atomic E-state index is 12.4. The zero-order valence-electron chi connectivity index (χ0n) is 11.5. The molecule has 2 aliphatic rings. The largest absolute Gasteiger partial charge is 0.272 e. The molecule has 1 aromatic rings. The van der Waals surface area contributed by atoms with E-state index in [2.05, 4.69) is 33.7 Å². The Labute approximate surface area is 136 Å². The van der Waals surface area contributed by atoms with Crippen LogP contribution in [0.5, 0.6) is 0 Å². The van der Waals surface area contributed by atoms with Gasteiger partial charge in [-0.05, 0) is 36.5 Å². The highest BCUT2D eigenvalue weighted by Gasteiger charge is 2.60. The minimum Gasteiger partial charge on any atom is -0.272 e. The molecule has 1 spiro atoms. The minimum absolute atomic E-state index is 0.155. The molecule has 3 atom stereocenters. The number of hydrogen-bond donors (Lipinski definition) is 2. The molecule has 1 aromatic carbocycles. The Balaban J connectivity index is 2.07. The number of alkyl halides is 1. The number of carbonyl (C=O) groups is 2. The van der Waals surface area contributed by atoms with E-state index in [9.17, 15) is 9.59 Å². The SMILES string of the molecule is CC1CC(c2ccc(Br)cc2)C2(CC1Cl)C(=O)NNC2=O. The second-order valence-electron chi connectivity index (χ2n) is 5.92. The van der Waals surface area contributed by atoms with Crippen molar-refractivity contribution in [3.05, 3.63) is 34.3 Å². The van der Waals surface area contributed by atoms with E-state index < -0.39 is 5.41 Å². The lowest BCUT2D eigenvalue weighted by atomic mass is 9.60. The Bertz CT molecular complexity index is 574. The fourth-order valence-electron chi connectivity index (χ4n) is 3.43. The zero-order chi connectivity index (χ0) is 15.2. The van der Waals surface area contributed by atoms with Gasteiger partial charge in [0.15, 0.2) is 0 Å². The summed E-state index contributed by atoms with van der Waals surface area (Å²) >= 11 is 9.79. The van der Waals surface area contributed by atoms with Crippen LogP contribution in [0, 0.1) is 11.3 Å². The van der Waals surface area contributed by atoms with Crippen LogP contribution >= 0.6 is 27.5 Å². The van der Waals surface area contributed by atoms with Gasteiger partial charge in [-0.2, -0.15) is 0 Å². The summed E-state index contributed by atoms with van der Waals surface area (Å²) in [5.41, 5.74) is 4.85. The quantitative estimate of drug-likeness (QED) is 0.589. The lowest BCUT2D eigenvalue weighted by Crippen LogP contribution is -2.48. The number of halogens is 2. The van der Waals surface area contributed by atoms with E-state index in [1.165, 1.54) is 0 Å². The van der Waals surface area contributed by atoms with Crippen molar-refractivity contribution < 1.29 is 9.59 Å². The highest BCUT2D eigenvalue weighted by atomic mass is 79.9. The third-order valence-electron chi connectivity index (χ3n) is 4.71. The highest BCUT2D eigenvalue weighted by Crippen LogP contribution is 2.52. The lowest BCUT2D eigenvalue weighted by Gasteiger charge is -2.42. The van der Waals surface area contributed by atoms with Crippen molar-refractivity contribution in [1.29, 1.82) is 0 Å². The minimum atomic E-state index is -1.09. The first-order chi connectivity index (χ1) is 9.95. The van der Waals surface area contributed by atoms with Crippen molar-refractivity contribution in [2.45, 2.75) is 31.1 Å². The number of rotatable bonds is 1. The van der Waals surface area contributed by atoms with Gasteiger partial charge in [0.05, 0.1) is 0 Å². The number of carbonyl (C=O) groups excluding carboxylic acids is 2. The van der Waals surface area contributed by atoms with Gasteiger partial charge in [-0.1, -0.05) is 35.0 Å². The molecule has 21 heavy (non-hydrogen) atoms. The summed E-state index contributed by atoms with van der Waals surface area (Å²) in [6.45, 7) is 2.07. The molecule has 1 saturated carbocycles. The number of amides is 2. The van der Waals surface area contributed by atoms with E-state index in [4.69, 9.17) is 11.6 Å². The fourth-order valence-corrected chi connectivity index (χ4v) is 4.04. The fraction of sp³-hybridized carbons (Fsp3) is 0.467. The van der Waals surface area contributed by atoms with Crippen LogP contribution in [0.15, 0.2) is 28.7 Å². The summed E-state index contributed by atoms with van der Waals surface area (Å²) in [6.07, 6.45) is 1.09. The summed E-state index contributed by atoms with van der Waals surface area (Å²) in [6, 6.07) is 7.81. The predicted molar refractivity (Wildman–Crippen MR) is 83.6 cm³/mol. The molecule has 2 N–H and O–H groups in total. The van der Waals surface area contributed by atoms with E-state index >= 15 is 0 Å². The Kier molecular flexibility index (Phi) is 3.74. The van der Waals surface area contributed by atoms with E-state index in [1.54, 1.807) is 0 Å². The first-order valence-electron chi connectivity index (χ1n) is 6.95. The van der Waals surface area contributed by atoms with Crippen LogP contribution in [-0.4, -0.2) is 17.2 Å². The van der Waals surface area contributed by atoms with Crippen LogP contribution < -0.4 is 10.9 Å². The molecule has 1 aliphatic carbocycles. The van der Waals surface area contributed by atoms with Crippen LogP contribution in [0.25, 0.3) is 0 Å². The maximum Gasteiger partial charge on any atom is 0.254 e. The zero-order valence-corrected chi connectivity index (χ0v) is 13.9. The highest BCUT2D eigenvalue weighted by molar-refractivity contribution is 9.10. The Morgan fingerprint density at radius 1 is 1.19 bits per heavy atom. The van der Waals surface area contributed by atoms with Crippen LogP contribution in [0.4, 0.5) is 0 Å². The Hall–Kier alpha value is -1.07. The molecule has 1 aliphatic heterocycles. The maximum atomic E-state index is 12.4. The molecule has 3 rings (SSSR count). The monoisotopic (exact) mass is 370 g/mol. The van der Waals surface area contributed by atoms with Gasteiger partial charge >= 0.3 is 0 Å². The van der Waals surface area contributed by atoms with E-state index in [0.717, 1.165) is 16.5 Å². The summed E-state index contributed by atoms with van der Waals surface area (Å²) in [5, 5.41) is -0.175. The molecule has 2 amide bonds. The number of benzene rings is 1. The van der Waals surface area contributed by atoms with Crippen LogP contribution in [0.2, 0.25) is 0 Å². The second-order valence-corrected chi connectivity index (χ2v) is 7.39. The Morgan fingerprint density at radius 3 is 2.33 bits per heavy atom. The van der Waals surface area contributed by atoms with Gasteiger partial charge in [-0.3, -0.25) is 20.4 Å². The average Bonchev–Trinajstić information content (AvgIpc) is 2.73. The van der Waals surface area contributed by atoms with Gasteiger partial charge in [0, 0.05) is 15.8 Å². The number of hydrazine groups is 1. The van der Waals surface area contributed by atoms with Crippen molar-refractivity contribution in [2.75, 3.05) is 0 Å². The van der Waals surface area contributed by atoms with Gasteiger partial charge in [0.1, 0.15) is 5.41 Å². The van der Waals surface area contributed by atoms with Crippen molar-refractivity contribution in [2.24, 2.45) is 11.3 Å². The first-order valence-corrected chi connectivity index (χ1v) is 8.18. The van der Waals surface area contributed by atoms with Crippen molar-refractivity contribution in [3.8, 4) is 0 Å². The number of nitrogens with one attached hydrogen (secondary N) is 2. The third kappa shape index (κ3) is 2.27. The average molecular weight is 372 g/mol. The first kappa shape index (κ1) is 14.9. The molecule has 4 nitrogen and oxygen atoms in total. The van der Waals surface area contributed by atoms with Gasteiger partial charge in [0.25, 0.3) is 11.8 Å². The molecule has 112 valence electrons. The molecule has 3 unspecified atom stereocenters. The van der Waals surface area contributed by atoms with Gasteiger partial charge in [-0.25, -0.2) is 0 Å². The molecular formula is C15H16BrClN2O2. The van der Waals surface area contributed by atoms with Crippen molar-refractivity contribution in [1.82, 2.24) is 10.9 Å². The van der Waals surface area contributed by atoms with Crippen molar-refractivity contribution >= 4 is 39.3 Å². The normalized spacial score (nSPS) is 31.1. The summed E-state index contributed by atoms with van der Waals surface area (Å²) in [4.78, 5) is 24.8. The van der Waals surface area contributed by atoms with Crippen molar-refractivity contribution in [3.63, 3.8) is 0 Å². The summed E-state index contributed by atoms with van der Waals surface area (Å²) < 4.78 is 0.972. The molecular weight excluding hydrogens is 356 g/mol. The van der Waals surface area contributed by atoms with Gasteiger partial charge < -0.3 is 0 Å². The Morgan fingerprint density at radius 2 is 1.76 bits per heavy atom. The van der Waals surface area contributed by atoms with Gasteiger partial charge in [0.2, 0.25) is 0 Å². The molecule has 6 heteroatoms. The molecule has 1 heterocycles. The van der Waals surface area contributed by atoms with E-state index in [1.807, 2.05) is 24.3 Å². The van der Waals surface area contributed by atoms with E-state index in [-0.39, 0.29) is 29.0 Å². The van der Waals surface area contributed by atoms with Gasteiger partial charge in [-0.15, -0.1) is 11.6 Å². The summed E-state index contributed by atoms with van der Waals surface area (Å²) in [5.74, 6) is -0.429. The molecule has 2 fully saturated rings. The van der Waals surface area contributed by atoms with Crippen LogP contribution in [0.1, 0.15) is 31.2 Å². The standard InChI is InChI=1S/C15H16BrClN2O2/c1-8-6-11(9-2-4-10(16)5-3-9)15(7-12(8)17)13(20)18-19-14(15)21/h2-5,8,11-12H,6-7H2,1H3,(H,18,20)(H,19,21). The second kappa shape index (κ2) is 5.29. The smallest absolute Gasteiger partial charge is 0.254 e. The predicted octanol–water partition coefficient (Wildman–Crippen LogP) is 2.72. The van der Waals surface area contributed by atoms with Crippen LogP contribution in [0.3, 0.4) is 0 Å². The summed E-state index contributed by atoms with van der Waals surface area (Å²) in [7, 11) is 0. The molecule has 0 radical (unpaired) electrons. The topological polar surface area (TPSA) is 58.2 Å². The molecule has 0 bridgehead atoms. The third-order valence-corrected chi connectivity index (χ3v) is 5.82. The molecule has 0 aromatic heterocycles. The van der Waals surface area contributed by atoms with Crippen LogP contribution in [-0.2, 0) is 9.59 Å². The van der Waals surface area contributed by atoms with E-state index in [0.29, 0.717) is 6.42 Å². The number of hydrogen-bond acceptors (Lipinski definition) is 2.